The lowest BCUT2D eigenvalue weighted by molar-refractivity contribution is -0.514. The number of carbonyl (C=O) groups is 1. The molecule has 0 fully saturated rings. The van der Waals surface area contributed by atoms with Crippen LogP contribution in [-0.4, -0.2) is 11.6 Å². The number of hydrogen-bond donors (Lipinski definition) is 0. The second kappa shape index (κ2) is 7.74. The van der Waals surface area contributed by atoms with Gasteiger partial charge in [-0.3, -0.25) is 4.89 Å². The molecule has 0 spiro atoms. The standard InChI is InChI=1S/C14H28O4/c1-13(2,3)11-9-7-8-10-12(15)16-18-17-14(4,5)6/h7-11H2,1-6H3. The van der Waals surface area contributed by atoms with Gasteiger partial charge < -0.3 is 0 Å². The van der Waals surface area contributed by atoms with Gasteiger partial charge in [0.2, 0.25) is 0 Å². The highest BCUT2D eigenvalue weighted by Gasteiger charge is 2.14. The lowest BCUT2D eigenvalue weighted by Gasteiger charge is -2.17. The highest BCUT2D eigenvalue weighted by Crippen LogP contribution is 2.22. The first kappa shape index (κ1) is 17.4. The van der Waals surface area contributed by atoms with E-state index in [0.29, 0.717) is 11.8 Å². The van der Waals surface area contributed by atoms with Crippen molar-refractivity contribution in [2.24, 2.45) is 5.41 Å². The van der Waals surface area contributed by atoms with Crippen LogP contribution in [0, 0.1) is 5.41 Å². The monoisotopic (exact) mass is 260 g/mol. The second-order valence-corrected chi connectivity index (χ2v) is 6.84. The summed E-state index contributed by atoms with van der Waals surface area (Å²) in [6, 6.07) is 0. The Morgan fingerprint density at radius 1 is 0.944 bits per heavy atom. The fourth-order valence-electron chi connectivity index (χ4n) is 1.30. The van der Waals surface area contributed by atoms with Crippen LogP contribution in [0.2, 0.25) is 0 Å². The molecule has 4 nitrogen and oxygen atoms in total. The maximum atomic E-state index is 11.3. The number of hydrogen-bond acceptors (Lipinski definition) is 4. The van der Waals surface area contributed by atoms with E-state index in [9.17, 15) is 4.79 Å². The maximum Gasteiger partial charge on any atom is 0.345 e. The first-order valence-electron chi connectivity index (χ1n) is 6.65. The average Bonchev–Trinajstić information content (AvgIpc) is 2.13. The second-order valence-electron chi connectivity index (χ2n) is 6.84. The Kier molecular flexibility index (Phi) is 7.48. The van der Waals surface area contributed by atoms with Gasteiger partial charge >= 0.3 is 5.97 Å². The molecule has 108 valence electrons. The Bertz CT molecular complexity index is 235. The fraction of sp³-hybridized carbons (Fsp3) is 0.929. The fourth-order valence-corrected chi connectivity index (χ4v) is 1.30. The van der Waals surface area contributed by atoms with Gasteiger partial charge in [-0.05, 0) is 44.1 Å². The van der Waals surface area contributed by atoms with Crippen molar-refractivity contribution in [3.63, 3.8) is 0 Å². The van der Waals surface area contributed by atoms with Gasteiger partial charge in [-0.2, -0.15) is 4.89 Å². The molecule has 0 aromatic heterocycles. The normalized spacial score (nSPS) is 12.6. The lowest BCUT2D eigenvalue weighted by atomic mass is 9.89. The van der Waals surface area contributed by atoms with Crippen LogP contribution in [0.25, 0.3) is 0 Å². The van der Waals surface area contributed by atoms with Gasteiger partial charge in [-0.25, -0.2) is 4.79 Å². The molecular weight excluding hydrogens is 232 g/mol. The highest BCUT2D eigenvalue weighted by atomic mass is 17.5. The van der Waals surface area contributed by atoms with E-state index in [1.54, 1.807) is 0 Å². The van der Waals surface area contributed by atoms with Crippen LogP contribution in [0.3, 0.4) is 0 Å². The first-order chi connectivity index (χ1) is 8.10. The Hall–Kier alpha value is -0.610. The van der Waals surface area contributed by atoms with E-state index in [-0.39, 0.29) is 5.97 Å². The largest absolute Gasteiger partial charge is 0.345 e. The van der Waals surface area contributed by atoms with Crippen molar-refractivity contribution >= 4 is 5.97 Å². The molecular formula is C14H28O4. The van der Waals surface area contributed by atoms with E-state index in [0.717, 1.165) is 19.3 Å². The summed E-state index contributed by atoms with van der Waals surface area (Å²) in [7, 11) is 0. The third-order valence-corrected chi connectivity index (χ3v) is 2.22. The molecule has 0 heterocycles. The quantitative estimate of drug-likeness (QED) is 0.391. The minimum absolute atomic E-state index is 0.365. The van der Waals surface area contributed by atoms with Gasteiger partial charge in [0.25, 0.3) is 0 Å². The van der Waals surface area contributed by atoms with Crippen molar-refractivity contribution in [2.45, 2.75) is 79.2 Å². The molecule has 0 N–H and O–H groups in total. The van der Waals surface area contributed by atoms with Crippen LogP contribution in [-0.2, 0) is 19.6 Å². The van der Waals surface area contributed by atoms with Crippen molar-refractivity contribution in [3.05, 3.63) is 0 Å². The summed E-state index contributed by atoms with van der Waals surface area (Å²) in [5.74, 6) is -0.380. The molecule has 0 aliphatic heterocycles. The van der Waals surface area contributed by atoms with E-state index >= 15 is 0 Å². The van der Waals surface area contributed by atoms with Gasteiger partial charge in [-0.15, -0.1) is 0 Å². The molecule has 18 heavy (non-hydrogen) atoms. The van der Waals surface area contributed by atoms with Gasteiger partial charge in [0.1, 0.15) is 0 Å². The smallest absolute Gasteiger partial charge is 0.269 e. The Morgan fingerprint density at radius 3 is 2.06 bits per heavy atom. The zero-order chi connectivity index (χ0) is 14.2. The van der Waals surface area contributed by atoms with Crippen molar-refractivity contribution in [1.29, 1.82) is 0 Å². The summed E-state index contributed by atoms with van der Waals surface area (Å²) in [5.41, 5.74) is -0.114. The SMILES string of the molecule is CC(C)(C)CCCCCC(=O)OOOC(C)(C)C. The molecule has 0 aromatic carbocycles. The van der Waals surface area contributed by atoms with E-state index in [2.05, 4.69) is 30.7 Å². The highest BCUT2D eigenvalue weighted by molar-refractivity contribution is 5.68. The predicted molar refractivity (Wildman–Crippen MR) is 70.6 cm³/mol. The van der Waals surface area contributed by atoms with Crippen LogP contribution in [0.1, 0.15) is 73.6 Å². The average molecular weight is 260 g/mol. The molecule has 0 radical (unpaired) electrons. The third kappa shape index (κ3) is 13.5. The van der Waals surface area contributed by atoms with Crippen LogP contribution < -0.4 is 0 Å². The van der Waals surface area contributed by atoms with Gasteiger partial charge in [0.15, 0.2) is 0 Å². The first-order valence-corrected chi connectivity index (χ1v) is 6.65. The van der Waals surface area contributed by atoms with Crippen molar-refractivity contribution < 1.29 is 19.6 Å². The molecule has 0 amide bonds. The van der Waals surface area contributed by atoms with Crippen LogP contribution in [0.5, 0.6) is 0 Å². The number of rotatable bonds is 7. The Labute approximate surface area is 111 Å². The molecule has 0 atom stereocenters. The maximum absolute atomic E-state index is 11.3. The van der Waals surface area contributed by atoms with Crippen molar-refractivity contribution in [2.75, 3.05) is 0 Å². The summed E-state index contributed by atoms with van der Waals surface area (Å²) in [5, 5.41) is 4.42. The summed E-state index contributed by atoms with van der Waals surface area (Å²) in [6.45, 7) is 12.1. The van der Waals surface area contributed by atoms with E-state index in [1.165, 1.54) is 6.42 Å². The van der Waals surface area contributed by atoms with Crippen LogP contribution >= 0.6 is 0 Å². The summed E-state index contributed by atoms with van der Waals surface area (Å²) >= 11 is 0. The topological polar surface area (TPSA) is 44.8 Å². The third-order valence-electron chi connectivity index (χ3n) is 2.22. The van der Waals surface area contributed by atoms with E-state index in [1.807, 2.05) is 20.8 Å². The van der Waals surface area contributed by atoms with Gasteiger partial charge in [0, 0.05) is 6.42 Å². The lowest BCUT2D eigenvalue weighted by Crippen LogP contribution is -2.20. The minimum atomic E-state index is -0.479. The number of carbonyl (C=O) groups excluding carboxylic acids is 1. The van der Waals surface area contributed by atoms with Crippen LogP contribution in [0.15, 0.2) is 0 Å². The number of unbranched alkanes of at least 4 members (excludes halogenated alkanes) is 2. The summed E-state index contributed by atoms with van der Waals surface area (Å²) in [4.78, 5) is 20.6. The van der Waals surface area contributed by atoms with E-state index < -0.39 is 5.60 Å². The molecule has 0 aliphatic rings. The van der Waals surface area contributed by atoms with E-state index in [4.69, 9.17) is 4.89 Å². The molecule has 0 unspecified atom stereocenters. The zero-order valence-corrected chi connectivity index (χ0v) is 12.7. The minimum Gasteiger partial charge on any atom is -0.269 e. The summed E-state index contributed by atoms with van der Waals surface area (Å²) in [6.07, 6.45) is 4.54. The molecule has 4 heteroatoms. The predicted octanol–water partition coefficient (Wildman–Crippen LogP) is 4.19. The van der Waals surface area contributed by atoms with Crippen molar-refractivity contribution in [1.82, 2.24) is 0 Å². The Balaban J connectivity index is 3.44. The van der Waals surface area contributed by atoms with Gasteiger partial charge in [-0.1, -0.05) is 33.6 Å². The molecule has 0 aliphatic carbocycles. The molecule has 0 saturated carbocycles. The van der Waals surface area contributed by atoms with Crippen LogP contribution in [0.4, 0.5) is 0 Å². The van der Waals surface area contributed by atoms with Crippen molar-refractivity contribution in [3.8, 4) is 0 Å². The Morgan fingerprint density at radius 2 is 1.56 bits per heavy atom. The molecule has 0 saturated heterocycles. The zero-order valence-electron chi connectivity index (χ0n) is 12.7. The molecule has 0 bridgehead atoms. The molecule has 0 rings (SSSR count). The summed E-state index contributed by atoms with van der Waals surface area (Å²) < 4.78 is 0. The molecule has 0 aromatic rings. The van der Waals surface area contributed by atoms with Gasteiger partial charge in [0.05, 0.1) is 5.60 Å².